The SMILES string of the molecule is O=C(Nc1cc(Oc2ccc3c(ccn3C(=O)CCCF)c2)ccn1)C1CCNCC1. The number of rotatable bonds is 7. The lowest BCUT2D eigenvalue weighted by molar-refractivity contribution is -0.120. The van der Waals surface area contributed by atoms with Crippen molar-refractivity contribution >= 4 is 28.5 Å². The zero-order valence-corrected chi connectivity index (χ0v) is 17.1. The van der Waals surface area contributed by atoms with E-state index in [0.29, 0.717) is 17.3 Å². The third kappa shape index (κ3) is 5.08. The van der Waals surface area contributed by atoms with E-state index < -0.39 is 6.67 Å². The van der Waals surface area contributed by atoms with Gasteiger partial charge in [-0.1, -0.05) is 0 Å². The molecule has 2 aromatic heterocycles. The van der Waals surface area contributed by atoms with Crippen molar-refractivity contribution in [3.05, 3.63) is 48.8 Å². The monoisotopic (exact) mass is 424 g/mol. The summed E-state index contributed by atoms with van der Waals surface area (Å²) in [6.07, 6.45) is 5.30. The predicted octanol–water partition coefficient (Wildman–Crippen LogP) is 4.16. The van der Waals surface area contributed by atoms with E-state index in [1.54, 1.807) is 36.7 Å². The van der Waals surface area contributed by atoms with E-state index in [-0.39, 0.29) is 30.6 Å². The van der Waals surface area contributed by atoms with E-state index in [2.05, 4.69) is 15.6 Å². The number of carbonyl (C=O) groups excluding carboxylic acids is 2. The van der Waals surface area contributed by atoms with Crippen LogP contribution in [0.1, 0.15) is 30.5 Å². The number of halogens is 1. The summed E-state index contributed by atoms with van der Waals surface area (Å²) in [6.45, 7) is 1.19. The van der Waals surface area contributed by atoms with Gasteiger partial charge in [0.15, 0.2) is 0 Å². The Labute approximate surface area is 179 Å². The second-order valence-corrected chi connectivity index (χ2v) is 7.59. The smallest absolute Gasteiger partial charge is 0.231 e. The number of aromatic nitrogens is 2. The van der Waals surface area contributed by atoms with Crippen molar-refractivity contribution in [2.24, 2.45) is 5.92 Å². The number of benzene rings is 1. The van der Waals surface area contributed by atoms with Gasteiger partial charge in [-0.15, -0.1) is 0 Å². The predicted molar refractivity (Wildman–Crippen MR) is 116 cm³/mol. The highest BCUT2D eigenvalue weighted by Crippen LogP contribution is 2.28. The topological polar surface area (TPSA) is 85.2 Å². The van der Waals surface area contributed by atoms with Crippen LogP contribution in [-0.2, 0) is 4.79 Å². The van der Waals surface area contributed by atoms with Crippen molar-refractivity contribution in [2.45, 2.75) is 25.7 Å². The van der Waals surface area contributed by atoms with Gasteiger partial charge in [-0.2, -0.15) is 0 Å². The first-order valence-electron chi connectivity index (χ1n) is 10.5. The van der Waals surface area contributed by atoms with Crippen LogP contribution in [0, 0.1) is 5.92 Å². The quantitative estimate of drug-likeness (QED) is 0.595. The van der Waals surface area contributed by atoms with E-state index in [4.69, 9.17) is 4.74 Å². The Morgan fingerprint density at radius 2 is 1.97 bits per heavy atom. The van der Waals surface area contributed by atoms with Gasteiger partial charge in [0, 0.05) is 36.2 Å². The van der Waals surface area contributed by atoms with E-state index >= 15 is 0 Å². The van der Waals surface area contributed by atoms with E-state index in [1.807, 2.05) is 12.1 Å². The molecular formula is C23H25FN4O3. The molecule has 8 heteroatoms. The fourth-order valence-electron chi connectivity index (χ4n) is 3.73. The number of amides is 1. The Morgan fingerprint density at radius 1 is 1.16 bits per heavy atom. The molecule has 0 atom stereocenters. The first kappa shape index (κ1) is 21.0. The van der Waals surface area contributed by atoms with Crippen LogP contribution in [0.5, 0.6) is 11.5 Å². The first-order chi connectivity index (χ1) is 15.1. The average molecular weight is 424 g/mol. The normalized spacial score (nSPS) is 14.5. The largest absolute Gasteiger partial charge is 0.457 e. The Morgan fingerprint density at radius 3 is 2.77 bits per heavy atom. The highest BCUT2D eigenvalue weighted by molar-refractivity contribution is 5.93. The summed E-state index contributed by atoms with van der Waals surface area (Å²) in [5.41, 5.74) is 0.751. The average Bonchev–Trinajstić information content (AvgIpc) is 3.21. The van der Waals surface area contributed by atoms with Crippen LogP contribution in [-0.4, -0.2) is 41.1 Å². The molecule has 0 radical (unpaired) electrons. The number of anilines is 1. The summed E-state index contributed by atoms with van der Waals surface area (Å²) in [6, 6.07) is 10.6. The number of alkyl halides is 1. The molecule has 2 N–H and O–H groups in total. The van der Waals surface area contributed by atoms with Gasteiger partial charge in [-0.05, 0) is 62.7 Å². The molecule has 3 heterocycles. The number of nitrogens with zero attached hydrogens (tertiary/aromatic N) is 2. The van der Waals surface area contributed by atoms with Gasteiger partial charge in [0.1, 0.15) is 17.3 Å². The molecule has 0 bridgehead atoms. The summed E-state index contributed by atoms with van der Waals surface area (Å²) in [5.74, 6) is 1.44. The Balaban J connectivity index is 1.44. The molecular weight excluding hydrogens is 399 g/mol. The molecule has 1 aromatic carbocycles. The van der Waals surface area contributed by atoms with Gasteiger partial charge in [0.05, 0.1) is 12.2 Å². The van der Waals surface area contributed by atoms with E-state index in [1.165, 1.54) is 4.57 Å². The third-order valence-electron chi connectivity index (χ3n) is 5.38. The van der Waals surface area contributed by atoms with Crippen molar-refractivity contribution in [1.29, 1.82) is 0 Å². The van der Waals surface area contributed by atoms with Crippen LogP contribution < -0.4 is 15.4 Å². The highest BCUT2D eigenvalue weighted by Gasteiger charge is 2.21. The van der Waals surface area contributed by atoms with Gasteiger partial charge in [0.2, 0.25) is 11.8 Å². The Bertz CT molecular complexity index is 1080. The molecule has 3 aromatic rings. The Hall–Kier alpha value is -3.26. The number of nitrogens with one attached hydrogen (secondary N) is 2. The van der Waals surface area contributed by atoms with Gasteiger partial charge in [-0.25, -0.2) is 4.98 Å². The number of hydrogen-bond acceptors (Lipinski definition) is 5. The molecule has 162 valence electrons. The first-order valence-corrected chi connectivity index (χ1v) is 10.5. The van der Waals surface area contributed by atoms with Crippen molar-refractivity contribution < 1.29 is 18.7 Å². The molecule has 0 aliphatic carbocycles. The standard InChI is InChI=1S/C23H25FN4O3/c24-9-1-2-22(29)28-13-8-17-14-18(3-4-20(17)28)31-19-7-12-26-21(15-19)27-23(30)16-5-10-25-11-6-16/h3-4,7-8,12-16,25H,1-2,5-6,9-11H2,(H,26,27,30). The number of ether oxygens (including phenoxy) is 1. The molecule has 1 fully saturated rings. The minimum absolute atomic E-state index is 0.00770. The van der Waals surface area contributed by atoms with Crippen LogP contribution in [0.4, 0.5) is 10.2 Å². The fourth-order valence-corrected chi connectivity index (χ4v) is 3.73. The molecule has 0 spiro atoms. The van der Waals surface area contributed by atoms with Crippen LogP contribution in [0.25, 0.3) is 10.9 Å². The maximum Gasteiger partial charge on any atom is 0.231 e. The van der Waals surface area contributed by atoms with Crippen LogP contribution >= 0.6 is 0 Å². The van der Waals surface area contributed by atoms with Gasteiger partial charge < -0.3 is 15.4 Å². The minimum atomic E-state index is -0.505. The molecule has 1 amide bonds. The van der Waals surface area contributed by atoms with Crippen molar-refractivity contribution in [2.75, 3.05) is 25.1 Å². The zero-order valence-electron chi connectivity index (χ0n) is 17.1. The summed E-state index contributed by atoms with van der Waals surface area (Å²) in [4.78, 5) is 28.9. The number of carbonyl (C=O) groups is 2. The molecule has 0 unspecified atom stereocenters. The van der Waals surface area contributed by atoms with Crippen LogP contribution in [0.3, 0.4) is 0 Å². The lowest BCUT2D eigenvalue weighted by atomic mass is 9.97. The Kier molecular flexibility index (Phi) is 6.57. The van der Waals surface area contributed by atoms with Crippen LogP contribution in [0.15, 0.2) is 48.8 Å². The molecule has 1 aliphatic rings. The van der Waals surface area contributed by atoms with Gasteiger partial charge in [0.25, 0.3) is 0 Å². The molecule has 1 aliphatic heterocycles. The lowest BCUT2D eigenvalue weighted by Crippen LogP contribution is -2.34. The molecule has 31 heavy (non-hydrogen) atoms. The molecule has 0 saturated carbocycles. The second-order valence-electron chi connectivity index (χ2n) is 7.59. The fraction of sp³-hybridized carbons (Fsp3) is 0.348. The van der Waals surface area contributed by atoms with E-state index in [9.17, 15) is 14.0 Å². The zero-order chi connectivity index (χ0) is 21.6. The summed E-state index contributed by atoms with van der Waals surface area (Å²) in [7, 11) is 0. The maximum atomic E-state index is 12.4. The number of hydrogen-bond donors (Lipinski definition) is 2. The minimum Gasteiger partial charge on any atom is -0.457 e. The second kappa shape index (κ2) is 9.70. The van der Waals surface area contributed by atoms with Gasteiger partial charge >= 0.3 is 0 Å². The van der Waals surface area contributed by atoms with E-state index in [0.717, 1.165) is 36.8 Å². The molecule has 4 rings (SSSR count). The van der Waals surface area contributed by atoms with Gasteiger partial charge in [-0.3, -0.25) is 18.5 Å². The van der Waals surface area contributed by atoms with Crippen LogP contribution in [0.2, 0.25) is 0 Å². The molecule has 1 saturated heterocycles. The number of pyridine rings is 1. The van der Waals surface area contributed by atoms with Crippen molar-refractivity contribution in [3.8, 4) is 11.5 Å². The summed E-state index contributed by atoms with van der Waals surface area (Å²) >= 11 is 0. The van der Waals surface area contributed by atoms with Crippen molar-refractivity contribution in [1.82, 2.24) is 14.9 Å². The summed E-state index contributed by atoms with van der Waals surface area (Å²) in [5, 5.41) is 6.97. The molecule has 7 nitrogen and oxygen atoms in total. The highest BCUT2D eigenvalue weighted by atomic mass is 19.1. The maximum absolute atomic E-state index is 12.4. The van der Waals surface area contributed by atoms with Crippen molar-refractivity contribution in [3.63, 3.8) is 0 Å². The summed E-state index contributed by atoms with van der Waals surface area (Å²) < 4.78 is 19.8. The number of piperidine rings is 1. The third-order valence-corrected chi connectivity index (χ3v) is 5.38. The number of fused-ring (bicyclic) bond motifs is 1. The lowest BCUT2D eigenvalue weighted by Gasteiger charge is -2.21.